The van der Waals surface area contributed by atoms with Crippen LogP contribution in [0, 0.1) is 17.8 Å². The van der Waals surface area contributed by atoms with Crippen LogP contribution < -0.4 is 0 Å². The molecule has 3 atom stereocenters. The van der Waals surface area contributed by atoms with Gasteiger partial charge in [-0.1, -0.05) is 58.4 Å². The molecule has 96 valence electrons. The van der Waals surface area contributed by atoms with Gasteiger partial charge in [0.1, 0.15) is 0 Å². The molecule has 2 rings (SSSR count). The molecule has 1 fully saturated rings. The zero-order valence-electron chi connectivity index (χ0n) is 10.4. The van der Waals surface area contributed by atoms with E-state index in [1.807, 2.05) is 18.2 Å². The van der Waals surface area contributed by atoms with Crippen molar-refractivity contribution < 1.29 is 9.53 Å². The molecule has 18 heavy (non-hydrogen) atoms. The number of hydrogen-bond donors (Lipinski definition) is 0. The van der Waals surface area contributed by atoms with Crippen LogP contribution in [0.3, 0.4) is 0 Å². The Hall–Kier alpha value is -1.09. The Morgan fingerprint density at radius 3 is 2.67 bits per heavy atom. The van der Waals surface area contributed by atoms with E-state index in [0.717, 1.165) is 5.33 Å². The molecule has 0 amide bonds. The Balaban J connectivity index is 1.89. The highest BCUT2D eigenvalue weighted by Gasteiger charge is 2.47. The monoisotopic (exact) mass is 308 g/mol. The van der Waals surface area contributed by atoms with Gasteiger partial charge in [0.25, 0.3) is 0 Å². The van der Waals surface area contributed by atoms with E-state index in [0.29, 0.717) is 24.4 Å². The maximum atomic E-state index is 10.8. The van der Waals surface area contributed by atoms with Gasteiger partial charge in [0.2, 0.25) is 0 Å². The molecule has 0 saturated heterocycles. The normalized spacial score (nSPS) is 26.2. The lowest BCUT2D eigenvalue weighted by Crippen LogP contribution is -2.03. The van der Waals surface area contributed by atoms with Crippen molar-refractivity contribution in [3.05, 3.63) is 42.0 Å². The minimum absolute atomic E-state index is 0.194. The molecule has 0 N–H and O–H groups in total. The maximum absolute atomic E-state index is 10.8. The molecular weight excluding hydrogens is 292 g/mol. The first-order valence-electron chi connectivity index (χ1n) is 6.15. The summed E-state index contributed by atoms with van der Waals surface area (Å²) in [5.74, 6) is 1.38. The average molecular weight is 309 g/mol. The summed E-state index contributed by atoms with van der Waals surface area (Å²) >= 11 is 3.52. The summed E-state index contributed by atoms with van der Waals surface area (Å²) in [7, 11) is 0. The van der Waals surface area contributed by atoms with Crippen molar-refractivity contribution in [1.82, 2.24) is 0 Å². The van der Waals surface area contributed by atoms with Gasteiger partial charge >= 0.3 is 5.97 Å². The smallest absolute Gasteiger partial charge is 0.302 e. The van der Waals surface area contributed by atoms with E-state index >= 15 is 0 Å². The molecule has 1 aliphatic carbocycles. The fraction of sp³-hybridized carbons (Fsp3) is 0.400. The van der Waals surface area contributed by atoms with E-state index in [1.165, 1.54) is 12.5 Å². The molecule has 1 aliphatic rings. The van der Waals surface area contributed by atoms with Crippen LogP contribution in [-0.4, -0.2) is 17.9 Å². The second-order valence-electron chi connectivity index (χ2n) is 4.63. The van der Waals surface area contributed by atoms with Crippen LogP contribution >= 0.6 is 15.9 Å². The summed E-state index contributed by atoms with van der Waals surface area (Å²) in [5.41, 5.74) is 1.21. The molecular formula is C15H17BrO2. The van der Waals surface area contributed by atoms with Crippen molar-refractivity contribution in [2.75, 3.05) is 11.9 Å². The molecule has 2 nitrogen and oxygen atoms in total. The number of benzene rings is 1. The predicted molar refractivity (Wildman–Crippen MR) is 76.4 cm³/mol. The number of carbonyl (C=O) groups excluding carboxylic acids is 1. The Bertz CT molecular complexity index is 427. The maximum Gasteiger partial charge on any atom is 0.302 e. The summed E-state index contributed by atoms with van der Waals surface area (Å²) in [6, 6.07) is 10.3. The minimum atomic E-state index is -0.194. The molecule has 0 radical (unpaired) electrons. The Morgan fingerprint density at radius 1 is 1.33 bits per heavy atom. The third kappa shape index (κ3) is 3.45. The number of ether oxygens (including phenoxy) is 1. The standard InChI is InChI=1S/C15H17BrO2/c1-11(17)18-10-15-13(14(15)9-16)8-7-12-5-3-2-4-6-12/h2-8,13-15H,9-10H2,1H3/b8-7+/t13-,14-,15+/m1/s1. The Kier molecular flexibility index (Phi) is 4.59. The average Bonchev–Trinajstić information content (AvgIpc) is 3.07. The van der Waals surface area contributed by atoms with Gasteiger partial charge in [0, 0.05) is 18.2 Å². The van der Waals surface area contributed by atoms with Crippen molar-refractivity contribution >= 4 is 28.0 Å². The second kappa shape index (κ2) is 6.19. The first-order chi connectivity index (χ1) is 8.72. The van der Waals surface area contributed by atoms with Gasteiger partial charge in [0.15, 0.2) is 0 Å². The third-order valence-corrected chi connectivity index (χ3v) is 4.11. The summed E-state index contributed by atoms with van der Waals surface area (Å²) in [6.07, 6.45) is 4.38. The lowest BCUT2D eigenvalue weighted by Gasteiger charge is -1.98. The van der Waals surface area contributed by atoms with E-state index < -0.39 is 0 Å². The molecule has 0 aromatic heterocycles. The van der Waals surface area contributed by atoms with Gasteiger partial charge in [-0.15, -0.1) is 0 Å². The molecule has 0 aliphatic heterocycles. The zero-order chi connectivity index (χ0) is 13.0. The van der Waals surface area contributed by atoms with Crippen LogP contribution in [0.15, 0.2) is 36.4 Å². The van der Waals surface area contributed by atoms with Crippen molar-refractivity contribution in [1.29, 1.82) is 0 Å². The van der Waals surface area contributed by atoms with Gasteiger partial charge in [-0.05, 0) is 17.4 Å². The van der Waals surface area contributed by atoms with Gasteiger partial charge in [-0.2, -0.15) is 0 Å². The van der Waals surface area contributed by atoms with Crippen LogP contribution in [0.25, 0.3) is 6.08 Å². The number of esters is 1. The van der Waals surface area contributed by atoms with Gasteiger partial charge in [0.05, 0.1) is 6.61 Å². The largest absolute Gasteiger partial charge is 0.466 e. The summed E-state index contributed by atoms with van der Waals surface area (Å²) in [5, 5.41) is 0.961. The van der Waals surface area contributed by atoms with Crippen molar-refractivity contribution in [3.8, 4) is 0 Å². The zero-order valence-corrected chi connectivity index (χ0v) is 12.0. The summed E-state index contributed by atoms with van der Waals surface area (Å²) in [6.45, 7) is 2.00. The van der Waals surface area contributed by atoms with Crippen molar-refractivity contribution in [3.63, 3.8) is 0 Å². The number of allylic oxidation sites excluding steroid dienone is 1. The molecule has 0 spiro atoms. The number of hydrogen-bond acceptors (Lipinski definition) is 2. The summed E-state index contributed by atoms with van der Waals surface area (Å²) < 4.78 is 5.09. The topological polar surface area (TPSA) is 26.3 Å². The highest BCUT2D eigenvalue weighted by molar-refractivity contribution is 9.09. The third-order valence-electron chi connectivity index (χ3n) is 3.37. The number of halogens is 1. The van der Waals surface area contributed by atoms with E-state index in [4.69, 9.17) is 4.74 Å². The van der Waals surface area contributed by atoms with E-state index in [9.17, 15) is 4.79 Å². The minimum Gasteiger partial charge on any atom is -0.466 e. The fourth-order valence-corrected chi connectivity index (χ4v) is 3.12. The summed E-state index contributed by atoms with van der Waals surface area (Å²) in [4.78, 5) is 10.8. The van der Waals surface area contributed by atoms with E-state index in [-0.39, 0.29) is 5.97 Å². The second-order valence-corrected chi connectivity index (χ2v) is 5.28. The van der Waals surface area contributed by atoms with Crippen LogP contribution in [0.5, 0.6) is 0 Å². The van der Waals surface area contributed by atoms with Crippen molar-refractivity contribution in [2.45, 2.75) is 6.92 Å². The van der Waals surface area contributed by atoms with Crippen molar-refractivity contribution in [2.24, 2.45) is 17.8 Å². The van der Waals surface area contributed by atoms with Crippen LogP contribution in [0.4, 0.5) is 0 Å². The molecule has 0 bridgehead atoms. The predicted octanol–water partition coefficient (Wildman–Crippen LogP) is 3.52. The Labute approximate surface area is 116 Å². The van der Waals surface area contributed by atoms with Crippen LogP contribution in [0.1, 0.15) is 12.5 Å². The quantitative estimate of drug-likeness (QED) is 0.614. The van der Waals surface area contributed by atoms with Gasteiger partial charge < -0.3 is 4.74 Å². The van der Waals surface area contributed by atoms with Gasteiger partial charge in [-0.25, -0.2) is 0 Å². The van der Waals surface area contributed by atoms with Crippen LogP contribution in [0.2, 0.25) is 0 Å². The first kappa shape index (κ1) is 13.3. The lowest BCUT2D eigenvalue weighted by atomic mass is 10.2. The molecule has 0 unspecified atom stereocenters. The van der Waals surface area contributed by atoms with Gasteiger partial charge in [-0.3, -0.25) is 4.79 Å². The lowest BCUT2D eigenvalue weighted by molar-refractivity contribution is -0.141. The van der Waals surface area contributed by atoms with Crippen LogP contribution in [-0.2, 0) is 9.53 Å². The first-order valence-corrected chi connectivity index (χ1v) is 7.27. The van der Waals surface area contributed by atoms with E-state index in [1.54, 1.807) is 0 Å². The molecule has 0 heterocycles. The van der Waals surface area contributed by atoms with E-state index in [2.05, 4.69) is 40.2 Å². The fourth-order valence-electron chi connectivity index (χ4n) is 2.21. The molecule has 1 saturated carbocycles. The number of rotatable bonds is 5. The Morgan fingerprint density at radius 2 is 2.06 bits per heavy atom. The number of carbonyl (C=O) groups is 1. The molecule has 1 aromatic carbocycles. The highest BCUT2D eigenvalue weighted by atomic mass is 79.9. The molecule has 3 heteroatoms. The molecule has 1 aromatic rings. The SMILES string of the molecule is CC(=O)OC[C@H]1[C@H](/C=C/c2ccccc2)[C@H]1CBr. The number of alkyl halides is 1. The highest BCUT2D eigenvalue weighted by Crippen LogP contribution is 2.48.